The van der Waals surface area contributed by atoms with Crippen LogP contribution in [-0.2, 0) is 14.3 Å². The summed E-state index contributed by atoms with van der Waals surface area (Å²) < 4.78 is 5.56. The lowest BCUT2D eigenvalue weighted by Crippen LogP contribution is -2.53. The van der Waals surface area contributed by atoms with Gasteiger partial charge in [0.15, 0.2) is 0 Å². The molecule has 0 aromatic heterocycles. The number of nitrogens with one attached hydrogen (secondary N) is 1. The van der Waals surface area contributed by atoms with Gasteiger partial charge in [-0.2, -0.15) is 0 Å². The van der Waals surface area contributed by atoms with Crippen LogP contribution in [0.4, 0.5) is 4.79 Å². The van der Waals surface area contributed by atoms with Gasteiger partial charge in [-0.15, -0.1) is 0 Å². The van der Waals surface area contributed by atoms with Crippen LogP contribution in [0.15, 0.2) is 48.5 Å². The number of rotatable bonds is 8. The van der Waals surface area contributed by atoms with Crippen molar-refractivity contribution in [2.24, 2.45) is 0 Å². The largest absolute Gasteiger partial charge is 0.479 e. The van der Waals surface area contributed by atoms with Crippen molar-refractivity contribution in [3.05, 3.63) is 59.7 Å². The highest BCUT2D eigenvalue weighted by atomic mass is 16.5. The highest BCUT2D eigenvalue weighted by molar-refractivity contribution is 5.93. The van der Waals surface area contributed by atoms with Crippen molar-refractivity contribution in [3.8, 4) is 11.1 Å². The normalized spacial score (nSPS) is 16.4. The molecule has 0 aliphatic heterocycles. The van der Waals surface area contributed by atoms with E-state index in [0.29, 0.717) is 25.7 Å². The SMILES string of the molecule is CCCC(NC(=O)OCC1c2ccccc2-c2ccccc21)C(=O)N(C)C1(C(=O)O)CC1. The molecule has 7 heteroatoms. The maximum Gasteiger partial charge on any atom is 0.407 e. The maximum absolute atomic E-state index is 12.9. The molecular weight excluding hydrogens is 408 g/mol. The fourth-order valence-electron chi connectivity index (χ4n) is 4.58. The number of aliphatic carboxylic acids is 1. The fourth-order valence-corrected chi connectivity index (χ4v) is 4.58. The number of nitrogens with zero attached hydrogens (tertiary/aromatic N) is 1. The molecular formula is C25H28N2O5. The first-order chi connectivity index (χ1) is 15.4. The summed E-state index contributed by atoms with van der Waals surface area (Å²) in [6.45, 7) is 2.06. The summed E-state index contributed by atoms with van der Waals surface area (Å²) >= 11 is 0. The third-order valence-electron chi connectivity index (χ3n) is 6.61. The van der Waals surface area contributed by atoms with Crippen molar-refractivity contribution in [2.75, 3.05) is 13.7 Å². The second kappa shape index (κ2) is 8.65. The van der Waals surface area contributed by atoms with Crippen molar-refractivity contribution in [2.45, 2.75) is 50.1 Å². The smallest absolute Gasteiger partial charge is 0.407 e. The standard InChI is InChI=1S/C25H28N2O5/c1-3-8-21(22(28)27(2)25(13-14-25)23(29)30)26-24(31)32-15-20-18-11-6-4-9-16(18)17-10-5-7-12-19(17)20/h4-7,9-12,20-21H,3,8,13-15H2,1-2H3,(H,26,31)(H,29,30). The van der Waals surface area contributed by atoms with Crippen LogP contribution in [0.1, 0.15) is 49.7 Å². The number of likely N-dealkylation sites (N-methyl/N-ethyl adjacent to an activating group) is 1. The van der Waals surface area contributed by atoms with Crippen molar-refractivity contribution >= 4 is 18.0 Å². The highest BCUT2D eigenvalue weighted by Gasteiger charge is 2.56. The summed E-state index contributed by atoms with van der Waals surface area (Å²) in [6.07, 6.45) is 1.24. The summed E-state index contributed by atoms with van der Waals surface area (Å²) in [6, 6.07) is 15.3. The number of carboxylic acid groups (broad SMARTS) is 1. The number of carboxylic acids is 1. The molecule has 2 aromatic carbocycles. The summed E-state index contributed by atoms with van der Waals surface area (Å²) in [5, 5.41) is 12.1. The molecule has 1 unspecified atom stereocenters. The van der Waals surface area contributed by atoms with Gasteiger partial charge in [-0.05, 0) is 41.5 Å². The van der Waals surface area contributed by atoms with Gasteiger partial charge in [-0.1, -0.05) is 61.9 Å². The predicted molar refractivity (Wildman–Crippen MR) is 119 cm³/mol. The Kier molecular flexibility index (Phi) is 5.91. The number of hydrogen-bond acceptors (Lipinski definition) is 4. The van der Waals surface area contributed by atoms with E-state index in [2.05, 4.69) is 17.4 Å². The van der Waals surface area contributed by atoms with Gasteiger partial charge in [-0.25, -0.2) is 9.59 Å². The van der Waals surface area contributed by atoms with Crippen molar-refractivity contribution in [1.29, 1.82) is 0 Å². The van der Waals surface area contributed by atoms with Gasteiger partial charge in [0.25, 0.3) is 0 Å². The van der Waals surface area contributed by atoms with Crippen LogP contribution in [-0.4, -0.2) is 53.2 Å². The molecule has 2 amide bonds. The van der Waals surface area contributed by atoms with E-state index >= 15 is 0 Å². The number of ether oxygens (including phenoxy) is 1. The molecule has 2 aliphatic rings. The molecule has 0 bridgehead atoms. The molecule has 4 rings (SSSR count). The topological polar surface area (TPSA) is 95.9 Å². The van der Waals surface area contributed by atoms with Crippen LogP contribution in [0.5, 0.6) is 0 Å². The molecule has 0 heterocycles. The average Bonchev–Trinajstić information content (AvgIpc) is 3.55. The molecule has 0 radical (unpaired) electrons. The van der Waals surface area contributed by atoms with Gasteiger partial charge >= 0.3 is 12.1 Å². The lowest BCUT2D eigenvalue weighted by atomic mass is 9.98. The number of alkyl carbamates (subject to hydrolysis) is 1. The second-order valence-corrected chi connectivity index (χ2v) is 8.55. The molecule has 0 spiro atoms. The van der Waals surface area contributed by atoms with Crippen LogP contribution < -0.4 is 5.32 Å². The number of amides is 2. The van der Waals surface area contributed by atoms with Gasteiger partial charge in [0, 0.05) is 13.0 Å². The van der Waals surface area contributed by atoms with Crippen LogP contribution in [0.2, 0.25) is 0 Å². The summed E-state index contributed by atoms with van der Waals surface area (Å²) in [5.74, 6) is -1.48. The molecule has 0 saturated heterocycles. The van der Waals surface area contributed by atoms with E-state index in [0.717, 1.165) is 22.3 Å². The first-order valence-electron chi connectivity index (χ1n) is 11.0. The minimum Gasteiger partial charge on any atom is -0.479 e. The molecule has 2 N–H and O–H groups in total. The van der Waals surface area contributed by atoms with E-state index in [-0.39, 0.29) is 12.5 Å². The van der Waals surface area contributed by atoms with Gasteiger partial charge < -0.3 is 20.1 Å². The van der Waals surface area contributed by atoms with E-state index in [9.17, 15) is 19.5 Å². The Morgan fingerprint density at radius 2 is 1.66 bits per heavy atom. The zero-order valence-corrected chi connectivity index (χ0v) is 18.3. The summed E-state index contributed by atoms with van der Waals surface area (Å²) in [5.41, 5.74) is 3.35. The fraction of sp³-hybridized carbons (Fsp3) is 0.400. The minimum atomic E-state index is -1.15. The molecule has 1 atom stereocenters. The predicted octanol–water partition coefficient (Wildman–Crippen LogP) is 3.77. The lowest BCUT2D eigenvalue weighted by Gasteiger charge is -2.29. The Morgan fingerprint density at radius 3 is 2.16 bits per heavy atom. The van der Waals surface area contributed by atoms with E-state index in [1.807, 2.05) is 43.3 Å². The average molecular weight is 437 g/mol. The van der Waals surface area contributed by atoms with Crippen LogP contribution in [0.3, 0.4) is 0 Å². The Bertz CT molecular complexity index is 1000. The third kappa shape index (κ3) is 3.83. The molecule has 32 heavy (non-hydrogen) atoms. The lowest BCUT2D eigenvalue weighted by molar-refractivity contribution is -0.151. The zero-order chi connectivity index (χ0) is 22.9. The monoisotopic (exact) mass is 436 g/mol. The first-order valence-corrected chi connectivity index (χ1v) is 11.0. The van der Waals surface area contributed by atoms with Crippen molar-refractivity contribution in [1.82, 2.24) is 10.2 Å². The molecule has 7 nitrogen and oxygen atoms in total. The molecule has 2 aromatic rings. The molecule has 2 aliphatic carbocycles. The third-order valence-corrected chi connectivity index (χ3v) is 6.61. The van der Waals surface area contributed by atoms with Crippen molar-refractivity contribution < 1.29 is 24.2 Å². The van der Waals surface area contributed by atoms with Crippen molar-refractivity contribution in [3.63, 3.8) is 0 Å². The van der Waals surface area contributed by atoms with E-state index in [1.165, 1.54) is 11.9 Å². The van der Waals surface area contributed by atoms with Gasteiger partial charge in [0.05, 0.1) is 0 Å². The minimum absolute atomic E-state index is 0.0714. The molecule has 168 valence electrons. The van der Waals surface area contributed by atoms with Crippen LogP contribution >= 0.6 is 0 Å². The second-order valence-electron chi connectivity index (χ2n) is 8.55. The van der Waals surface area contributed by atoms with Crippen LogP contribution in [0.25, 0.3) is 11.1 Å². The quantitative estimate of drug-likeness (QED) is 0.657. The summed E-state index contributed by atoms with van der Waals surface area (Å²) in [4.78, 5) is 38.4. The van der Waals surface area contributed by atoms with Gasteiger partial charge in [-0.3, -0.25) is 4.79 Å². The zero-order valence-electron chi connectivity index (χ0n) is 18.3. The number of carbonyl (C=O) groups excluding carboxylic acids is 2. The summed E-state index contributed by atoms with van der Waals surface area (Å²) in [7, 11) is 1.49. The first kappa shape index (κ1) is 21.9. The van der Waals surface area contributed by atoms with E-state index in [1.54, 1.807) is 0 Å². The highest BCUT2D eigenvalue weighted by Crippen LogP contribution is 2.44. The number of carbonyl (C=O) groups is 3. The number of fused-ring (bicyclic) bond motifs is 3. The van der Waals surface area contributed by atoms with Gasteiger partial charge in [0.2, 0.25) is 5.91 Å². The van der Waals surface area contributed by atoms with E-state index in [4.69, 9.17) is 4.74 Å². The molecule has 1 fully saturated rings. The Balaban J connectivity index is 1.43. The Hall–Kier alpha value is -3.35. The number of hydrogen-bond donors (Lipinski definition) is 2. The number of benzene rings is 2. The van der Waals surface area contributed by atoms with E-state index < -0.39 is 29.6 Å². The van der Waals surface area contributed by atoms with Gasteiger partial charge in [0.1, 0.15) is 18.2 Å². The Labute approximate surface area is 187 Å². The maximum atomic E-state index is 12.9. The van der Waals surface area contributed by atoms with Crippen LogP contribution in [0, 0.1) is 0 Å². The molecule has 1 saturated carbocycles. The Morgan fingerprint density at radius 1 is 1.09 bits per heavy atom.